The average molecular weight is 381 g/mol. The molecular formula is C13H15BrClNO3S. The van der Waals surface area contributed by atoms with E-state index in [2.05, 4.69) is 15.9 Å². The number of hydrogen-bond acceptors (Lipinski definition) is 3. The molecule has 0 aromatic heterocycles. The number of amides is 1. The lowest BCUT2D eigenvalue weighted by molar-refractivity contribution is 0.0651. The van der Waals surface area contributed by atoms with Crippen LogP contribution in [0.4, 0.5) is 0 Å². The van der Waals surface area contributed by atoms with Crippen LogP contribution in [-0.2, 0) is 9.05 Å². The molecule has 0 N–H and O–H groups in total. The maximum absolute atomic E-state index is 12.5. The molecule has 110 valence electrons. The Bertz CT molecular complexity index is 656. The van der Waals surface area contributed by atoms with Crippen molar-refractivity contribution in [3.8, 4) is 0 Å². The van der Waals surface area contributed by atoms with Crippen molar-refractivity contribution in [2.24, 2.45) is 0 Å². The molecule has 1 aliphatic rings. The van der Waals surface area contributed by atoms with Crippen molar-refractivity contribution in [1.82, 2.24) is 4.90 Å². The van der Waals surface area contributed by atoms with Crippen molar-refractivity contribution in [3.05, 3.63) is 27.7 Å². The molecule has 0 bridgehead atoms. The fourth-order valence-electron chi connectivity index (χ4n) is 2.26. The highest BCUT2D eigenvalue weighted by molar-refractivity contribution is 9.10. The van der Waals surface area contributed by atoms with E-state index < -0.39 is 9.05 Å². The van der Waals surface area contributed by atoms with Crippen molar-refractivity contribution in [2.45, 2.75) is 37.1 Å². The fourth-order valence-corrected chi connectivity index (χ4v) is 4.09. The summed E-state index contributed by atoms with van der Waals surface area (Å²) in [6, 6.07) is 3.30. The van der Waals surface area contributed by atoms with Gasteiger partial charge < -0.3 is 4.90 Å². The van der Waals surface area contributed by atoms with E-state index >= 15 is 0 Å². The molecule has 1 amide bonds. The Balaban J connectivity index is 2.46. The highest BCUT2D eigenvalue weighted by Crippen LogP contribution is 2.30. The summed E-state index contributed by atoms with van der Waals surface area (Å²) in [6.45, 7) is 1.60. The van der Waals surface area contributed by atoms with Crippen LogP contribution in [0.1, 0.15) is 35.2 Å². The van der Waals surface area contributed by atoms with Gasteiger partial charge in [0.25, 0.3) is 15.0 Å². The zero-order chi connectivity index (χ0) is 15.1. The molecule has 0 aliphatic heterocycles. The Morgan fingerprint density at radius 2 is 2.00 bits per heavy atom. The first kappa shape index (κ1) is 15.8. The standard InChI is InChI=1S/C13H15BrClNO3S/c1-8-11(13(17)16(2)10-4-3-5-10)6-9(14)7-12(8)20(15,18)19/h6-7,10H,3-5H2,1-2H3. The number of benzene rings is 1. The number of carbonyl (C=O) groups excluding carboxylic acids is 1. The lowest BCUT2D eigenvalue weighted by Gasteiger charge is -2.35. The van der Waals surface area contributed by atoms with Crippen LogP contribution in [0.5, 0.6) is 0 Å². The van der Waals surface area contributed by atoms with Crippen molar-refractivity contribution < 1.29 is 13.2 Å². The Hall–Kier alpha value is -0.590. The van der Waals surface area contributed by atoms with Crippen LogP contribution in [0.25, 0.3) is 0 Å². The SMILES string of the molecule is Cc1c(C(=O)N(C)C2CCC2)cc(Br)cc1S(=O)(=O)Cl. The van der Waals surface area contributed by atoms with Crippen LogP contribution < -0.4 is 0 Å². The Morgan fingerprint density at radius 1 is 1.40 bits per heavy atom. The number of rotatable bonds is 3. The van der Waals surface area contributed by atoms with E-state index in [1.807, 2.05) is 0 Å². The van der Waals surface area contributed by atoms with Gasteiger partial charge in [0.1, 0.15) is 0 Å². The number of halogens is 2. The highest BCUT2D eigenvalue weighted by Gasteiger charge is 2.28. The molecule has 1 aromatic carbocycles. The van der Waals surface area contributed by atoms with Gasteiger partial charge in [0.2, 0.25) is 0 Å². The van der Waals surface area contributed by atoms with Gasteiger partial charge in [-0.05, 0) is 43.9 Å². The van der Waals surface area contributed by atoms with E-state index in [1.54, 1.807) is 24.9 Å². The predicted molar refractivity (Wildman–Crippen MR) is 81.7 cm³/mol. The lowest BCUT2D eigenvalue weighted by atomic mass is 9.91. The van der Waals surface area contributed by atoms with Gasteiger partial charge in [-0.2, -0.15) is 0 Å². The first-order valence-electron chi connectivity index (χ1n) is 6.24. The minimum atomic E-state index is -3.88. The molecule has 1 aliphatic carbocycles. The van der Waals surface area contributed by atoms with Crippen LogP contribution in [0.2, 0.25) is 0 Å². The number of hydrogen-bond donors (Lipinski definition) is 0. The van der Waals surface area contributed by atoms with E-state index in [0.29, 0.717) is 15.6 Å². The summed E-state index contributed by atoms with van der Waals surface area (Å²) in [5.74, 6) is -0.171. The van der Waals surface area contributed by atoms with Crippen molar-refractivity contribution >= 4 is 41.6 Å². The summed E-state index contributed by atoms with van der Waals surface area (Å²) < 4.78 is 23.7. The average Bonchev–Trinajstić information content (AvgIpc) is 2.27. The van der Waals surface area contributed by atoms with Crippen molar-refractivity contribution in [2.75, 3.05) is 7.05 Å². The second-order valence-electron chi connectivity index (χ2n) is 5.02. The maximum Gasteiger partial charge on any atom is 0.261 e. The van der Waals surface area contributed by atoms with Gasteiger partial charge in [0.15, 0.2) is 0 Å². The summed E-state index contributed by atoms with van der Waals surface area (Å²) >= 11 is 3.23. The van der Waals surface area contributed by atoms with Crippen molar-refractivity contribution in [3.63, 3.8) is 0 Å². The second kappa shape index (κ2) is 5.66. The van der Waals surface area contributed by atoms with E-state index in [0.717, 1.165) is 19.3 Å². The Labute approximate surface area is 131 Å². The summed E-state index contributed by atoms with van der Waals surface area (Å²) in [6.07, 6.45) is 3.12. The highest BCUT2D eigenvalue weighted by atomic mass is 79.9. The van der Waals surface area contributed by atoms with Gasteiger partial charge in [-0.3, -0.25) is 4.79 Å². The Kier molecular flexibility index (Phi) is 4.47. The molecule has 0 radical (unpaired) electrons. The van der Waals surface area contributed by atoms with Gasteiger partial charge >= 0.3 is 0 Å². The van der Waals surface area contributed by atoms with Gasteiger partial charge in [-0.15, -0.1) is 0 Å². The zero-order valence-corrected chi connectivity index (χ0v) is 14.3. The molecule has 1 saturated carbocycles. The van der Waals surface area contributed by atoms with Gasteiger partial charge in [0, 0.05) is 33.8 Å². The first-order chi connectivity index (χ1) is 9.21. The van der Waals surface area contributed by atoms with Gasteiger partial charge in [-0.1, -0.05) is 15.9 Å². The molecular weight excluding hydrogens is 366 g/mol. The molecule has 4 nitrogen and oxygen atoms in total. The van der Waals surface area contributed by atoms with Crippen LogP contribution in [0.3, 0.4) is 0 Å². The summed E-state index contributed by atoms with van der Waals surface area (Å²) in [5.41, 5.74) is 0.757. The van der Waals surface area contributed by atoms with Crippen LogP contribution in [0, 0.1) is 6.92 Å². The number of nitrogens with zero attached hydrogens (tertiary/aromatic N) is 1. The molecule has 0 spiro atoms. The van der Waals surface area contributed by atoms with E-state index in [1.165, 1.54) is 6.07 Å². The summed E-state index contributed by atoms with van der Waals surface area (Å²) in [5, 5.41) is 0. The normalized spacial score (nSPS) is 15.8. The third kappa shape index (κ3) is 3.02. The molecule has 0 atom stereocenters. The third-order valence-corrected chi connectivity index (χ3v) is 5.67. The zero-order valence-electron chi connectivity index (χ0n) is 11.2. The smallest absolute Gasteiger partial charge is 0.261 e. The predicted octanol–water partition coefficient (Wildman–Crippen LogP) is 3.31. The lowest BCUT2D eigenvalue weighted by Crippen LogP contribution is -2.41. The molecule has 2 rings (SSSR count). The van der Waals surface area contributed by atoms with Gasteiger partial charge in [-0.25, -0.2) is 8.42 Å². The molecule has 7 heteroatoms. The Morgan fingerprint density at radius 3 is 2.45 bits per heavy atom. The van der Waals surface area contributed by atoms with Crippen LogP contribution in [0.15, 0.2) is 21.5 Å². The fraction of sp³-hybridized carbons (Fsp3) is 0.462. The quantitative estimate of drug-likeness (QED) is 0.756. The maximum atomic E-state index is 12.5. The van der Waals surface area contributed by atoms with Crippen molar-refractivity contribution in [1.29, 1.82) is 0 Å². The molecule has 1 aromatic rings. The van der Waals surface area contributed by atoms with Gasteiger partial charge in [0.05, 0.1) is 4.90 Å². The first-order valence-corrected chi connectivity index (χ1v) is 9.34. The number of carbonyl (C=O) groups is 1. The molecule has 0 unspecified atom stereocenters. The third-order valence-electron chi connectivity index (χ3n) is 3.76. The second-order valence-corrected chi connectivity index (χ2v) is 8.47. The van der Waals surface area contributed by atoms with E-state index in [9.17, 15) is 13.2 Å². The summed E-state index contributed by atoms with van der Waals surface area (Å²) in [4.78, 5) is 14.2. The van der Waals surface area contributed by atoms with E-state index in [-0.39, 0.29) is 16.8 Å². The topological polar surface area (TPSA) is 54.5 Å². The minimum absolute atomic E-state index is 0.0288. The summed E-state index contributed by atoms with van der Waals surface area (Å²) in [7, 11) is 3.29. The largest absolute Gasteiger partial charge is 0.339 e. The minimum Gasteiger partial charge on any atom is -0.339 e. The molecule has 20 heavy (non-hydrogen) atoms. The van der Waals surface area contributed by atoms with Crippen LogP contribution >= 0.6 is 26.6 Å². The van der Waals surface area contributed by atoms with E-state index in [4.69, 9.17) is 10.7 Å². The van der Waals surface area contributed by atoms with Crippen LogP contribution in [-0.4, -0.2) is 32.3 Å². The molecule has 0 saturated heterocycles. The monoisotopic (exact) mass is 379 g/mol. The molecule has 0 heterocycles. The molecule has 1 fully saturated rings.